The van der Waals surface area contributed by atoms with Crippen molar-refractivity contribution in [1.82, 2.24) is 5.32 Å². The molecular formula is C18H30N2O3. The minimum Gasteiger partial charge on any atom is -0.491 e. The van der Waals surface area contributed by atoms with Crippen LogP contribution in [0.4, 0.5) is 5.69 Å². The van der Waals surface area contributed by atoms with Gasteiger partial charge in [-0.2, -0.15) is 0 Å². The van der Waals surface area contributed by atoms with Crippen LogP contribution in [0.15, 0.2) is 29.3 Å². The van der Waals surface area contributed by atoms with Crippen molar-refractivity contribution in [2.75, 3.05) is 19.8 Å². The standard InChI is InChI=1S/C18H30N2O3/c1-5-6-11-22-15(4)20-16-7-9-18(10-8-16)23-13-17(21)12-19-14(2)3/h7-10,14,17,19,21H,5-6,11-13H2,1-4H3. The summed E-state index contributed by atoms with van der Waals surface area (Å²) in [7, 11) is 0. The molecule has 130 valence electrons. The highest BCUT2D eigenvalue weighted by molar-refractivity contribution is 5.76. The first kappa shape index (κ1) is 19.5. The lowest BCUT2D eigenvalue weighted by atomic mass is 10.3. The van der Waals surface area contributed by atoms with Gasteiger partial charge in [0, 0.05) is 19.5 Å². The third-order valence-electron chi connectivity index (χ3n) is 3.14. The van der Waals surface area contributed by atoms with Crippen molar-refractivity contribution < 1.29 is 14.6 Å². The molecule has 0 bridgehead atoms. The molecule has 0 heterocycles. The predicted octanol–water partition coefficient (Wildman–Crippen LogP) is 3.29. The van der Waals surface area contributed by atoms with Gasteiger partial charge in [-0.25, -0.2) is 4.99 Å². The zero-order valence-corrected chi connectivity index (χ0v) is 14.7. The summed E-state index contributed by atoms with van der Waals surface area (Å²) in [5.41, 5.74) is 0.827. The SMILES string of the molecule is CCCCOC(C)=Nc1ccc(OCC(O)CNC(C)C)cc1. The summed E-state index contributed by atoms with van der Waals surface area (Å²) in [6, 6.07) is 7.80. The number of unbranched alkanes of at least 4 members (excludes halogenated alkanes) is 1. The minimum atomic E-state index is -0.524. The van der Waals surface area contributed by atoms with E-state index in [1.807, 2.05) is 45.0 Å². The summed E-state index contributed by atoms with van der Waals surface area (Å²) < 4.78 is 11.1. The van der Waals surface area contributed by atoms with Gasteiger partial charge in [-0.3, -0.25) is 0 Å². The van der Waals surface area contributed by atoms with Gasteiger partial charge in [-0.15, -0.1) is 0 Å². The van der Waals surface area contributed by atoms with E-state index in [4.69, 9.17) is 9.47 Å². The Kier molecular flexibility index (Phi) is 9.33. The highest BCUT2D eigenvalue weighted by atomic mass is 16.5. The molecule has 1 atom stereocenters. The fourth-order valence-electron chi connectivity index (χ4n) is 1.82. The lowest BCUT2D eigenvalue weighted by molar-refractivity contribution is 0.104. The van der Waals surface area contributed by atoms with Crippen LogP contribution in [0.1, 0.15) is 40.5 Å². The van der Waals surface area contributed by atoms with E-state index in [0.717, 1.165) is 24.3 Å². The summed E-state index contributed by atoms with van der Waals surface area (Å²) in [5.74, 6) is 1.39. The van der Waals surface area contributed by atoms with Crippen LogP contribution in [-0.2, 0) is 4.74 Å². The van der Waals surface area contributed by atoms with Gasteiger partial charge in [0.25, 0.3) is 0 Å². The van der Waals surface area contributed by atoms with E-state index in [-0.39, 0.29) is 6.61 Å². The topological polar surface area (TPSA) is 63.1 Å². The molecule has 5 nitrogen and oxygen atoms in total. The molecule has 0 saturated heterocycles. The fourth-order valence-corrected chi connectivity index (χ4v) is 1.82. The van der Waals surface area contributed by atoms with E-state index in [0.29, 0.717) is 25.1 Å². The van der Waals surface area contributed by atoms with Gasteiger partial charge in [-0.05, 0) is 30.7 Å². The Labute approximate surface area is 139 Å². The van der Waals surface area contributed by atoms with Crippen LogP contribution < -0.4 is 10.1 Å². The number of aliphatic imine (C=N–C) groups is 1. The second-order valence-electron chi connectivity index (χ2n) is 5.85. The summed E-state index contributed by atoms with van der Waals surface area (Å²) in [4.78, 5) is 4.40. The quantitative estimate of drug-likeness (QED) is 0.394. The molecule has 0 amide bonds. The molecule has 1 aromatic carbocycles. The van der Waals surface area contributed by atoms with Crippen molar-refractivity contribution in [3.05, 3.63) is 24.3 Å². The second kappa shape index (κ2) is 11.0. The molecule has 1 aromatic rings. The number of benzene rings is 1. The van der Waals surface area contributed by atoms with E-state index in [1.54, 1.807) is 0 Å². The maximum atomic E-state index is 9.81. The van der Waals surface area contributed by atoms with Gasteiger partial charge in [0.15, 0.2) is 5.90 Å². The molecule has 0 aliphatic rings. The molecule has 1 unspecified atom stereocenters. The molecule has 0 saturated carbocycles. The number of rotatable bonds is 10. The first-order chi connectivity index (χ1) is 11.0. The van der Waals surface area contributed by atoms with Crippen LogP contribution in [0.3, 0.4) is 0 Å². The Balaban J connectivity index is 2.39. The smallest absolute Gasteiger partial charge is 0.185 e. The first-order valence-corrected chi connectivity index (χ1v) is 8.33. The van der Waals surface area contributed by atoms with E-state index < -0.39 is 6.10 Å². The van der Waals surface area contributed by atoms with E-state index in [2.05, 4.69) is 17.2 Å². The predicted molar refractivity (Wildman–Crippen MR) is 94.7 cm³/mol. The van der Waals surface area contributed by atoms with Gasteiger partial charge in [0.2, 0.25) is 0 Å². The summed E-state index contributed by atoms with van der Waals surface area (Å²) >= 11 is 0. The van der Waals surface area contributed by atoms with Crippen molar-refractivity contribution in [2.45, 2.75) is 52.7 Å². The lowest BCUT2D eigenvalue weighted by Gasteiger charge is -2.15. The maximum absolute atomic E-state index is 9.81. The molecule has 1 rings (SSSR count). The van der Waals surface area contributed by atoms with E-state index in [1.165, 1.54) is 0 Å². The van der Waals surface area contributed by atoms with Crippen LogP contribution in [0.25, 0.3) is 0 Å². The molecule has 0 aliphatic carbocycles. The van der Waals surface area contributed by atoms with Crippen LogP contribution in [-0.4, -0.2) is 42.9 Å². The number of aliphatic hydroxyl groups is 1. The van der Waals surface area contributed by atoms with Gasteiger partial charge in [-0.1, -0.05) is 27.2 Å². The number of ether oxygens (including phenoxy) is 2. The van der Waals surface area contributed by atoms with Crippen LogP contribution in [0.2, 0.25) is 0 Å². The van der Waals surface area contributed by atoms with Crippen molar-refractivity contribution >= 4 is 11.6 Å². The Bertz CT molecular complexity index is 458. The molecule has 0 spiro atoms. The van der Waals surface area contributed by atoms with Crippen molar-refractivity contribution in [1.29, 1.82) is 0 Å². The van der Waals surface area contributed by atoms with E-state index >= 15 is 0 Å². The Morgan fingerprint density at radius 3 is 2.57 bits per heavy atom. The van der Waals surface area contributed by atoms with Gasteiger partial charge >= 0.3 is 0 Å². The minimum absolute atomic E-state index is 0.265. The summed E-state index contributed by atoms with van der Waals surface area (Å²) in [6.45, 7) is 9.56. The second-order valence-corrected chi connectivity index (χ2v) is 5.85. The monoisotopic (exact) mass is 322 g/mol. The normalized spacial score (nSPS) is 13.2. The van der Waals surface area contributed by atoms with E-state index in [9.17, 15) is 5.11 Å². The third-order valence-corrected chi connectivity index (χ3v) is 3.14. The zero-order valence-electron chi connectivity index (χ0n) is 14.7. The number of nitrogens with one attached hydrogen (secondary N) is 1. The first-order valence-electron chi connectivity index (χ1n) is 8.33. The molecule has 0 aromatic heterocycles. The molecule has 0 radical (unpaired) electrons. The molecule has 0 aliphatic heterocycles. The van der Waals surface area contributed by atoms with Crippen LogP contribution in [0.5, 0.6) is 5.75 Å². The zero-order chi connectivity index (χ0) is 17.1. The van der Waals surface area contributed by atoms with Gasteiger partial charge in [0.1, 0.15) is 18.5 Å². The van der Waals surface area contributed by atoms with Crippen molar-refractivity contribution in [2.24, 2.45) is 4.99 Å². The average molecular weight is 322 g/mol. The van der Waals surface area contributed by atoms with Gasteiger partial charge < -0.3 is 19.9 Å². The summed E-state index contributed by atoms with van der Waals surface area (Å²) in [6.07, 6.45) is 1.62. The average Bonchev–Trinajstić information content (AvgIpc) is 2.52. The highest BCUT2D eigenvalue weighted by Crippen LogP contribution is 2.18. The molecule has 2 N–H and O–H groups in total. The number of hydrogen-bond donors (Lipinski definition) is 2. The van der Waals surface area contributed by atoms with Crippen LogP contribution in [0, 0.1) is 0 Å². The van der Waals surface area contributed by atoms with Crippen molar-refractivity contribution in [3.63, 3.8) is 0 Å². The van der Waals surface area contributed by atoms with Gasteiger partial charge in [0.05, 0.1) is 12.3 Å². The Morgan fingerprint density at radius 1 is 1.26 bits per heavy atom. The number of aliphatic hydroxyl groups excluding tert-OH is 1. The maximum Gasteiger partial charge on any atom is 0.185 e. The molecule has 0 fully saturated rings. The Hall–Kier alpha value is -1.59. The Morgan fingerprint density at radius 2 is 1.96 bits per heavy atom. The molecule has 5 heteroatoms. The largest absolute Gasteiger partial charge is 0.491 e. The fraction of sp³-hybridized carbons (Fsp3) is 0.611. The van der Waals surface area contributed by atoms with Crippen LogP contribution >= 0.6 is 0 Å². The number of hydrogen-bond acceptors (Lipinski definition) is 5. The lowest BCUT2D eigenvalue weighted by Crippen LogP contribution is -2.35. The third kappa shape index (κ3) is 9.21. The summed E-state index contributed by atoms with van der Waals surface area (Å²) in [5, 5.41) is 13.0. The molecular weight excluding hydrogens is 292 g/mol. The number of nitrogens with zero attached hydrogens (tertiary/aromatic N) is 1. The highest BCUT2D eigenvalue weighted by Gasteiger charge is 2.06. The van der Waals surface area contributed by atoms with Crippen molar-refractivity contribution in [3.8, 4) is 5.75 Å². The molecule has 23 heavy (non-hydrogen) atoms.